The Hall–Kier alpha value is -2.46. The van der Waals surface area contributed by atoms with Gasteiger partial charge in [-0.2, -0.15) is 5.10 Å². The zero-order chi connectivity index (χ0) is 13.9. The maximum absolute atomic E-state index is 14.0. The Morgan fingerprint density at radius 1 is 1.00 bits per heavy atom. The van der Waals surface area contributed by atoms with Crippen LogP contribution in [-0.4, -0.2) is 14.9 Å². The van der Waals surface area contributed by atoms with E-state index in [1.807, 2.05) is 30.3 Å². The van der Waals surface area contributed by atoms with Crippen LogP contribution in [0.25, 0.3) is 16.8 Å². The summed E-state index contributed by atoms with van der Waals surface area (Å²) >= 11 is 0. The van der Waals surface area contributed by atoms with E-state index in [2.05, 4.69) is 5.10 Å². The molecule has 0 fully saturated rings. The molecule has 1 N–H and O–H groups in total. The molecule has 0 radical (unpaired) electrons. The van der Waals surface area contributed by atoms with Crippen molar-refractivity contribution in [3.8, 4) is 16.8 Å². The predicted molar refractivity (Wildman–Crippen MR) is 74.9 cm³/mol. The zero-order valence-corrected chi connectivity index (χ0v) is 10.7. The summed E-state index contributed by atoms with van der Waals surface area (Å²) in [6, 6.07) is 14.4. The third-order valence-corrected chi connectivity index (χ3v) is 3.16. The fourth-order valence-electron chi connectivity index (χ4n) is 2.17. The standard InChI is InChI=1S/C16H13FN2O/c17-15-8-4-7-13(11-20)16(15)19-10-14(9-18-19)12-5-2-1-3-6-12/h1-10,20H,11H2. The number of hydrogen-bond acceptors (Lipinski definition) is 2. The van der Waals surface area contributed by atoms with Crippen molar-refractivity contribution in [2.45, 2.75) is 6.61 Å². The highest BCUT2D eigenvalue weighted by Crippen LogP contribution is 2.23. The second kappa shape index (κ2) is 5.27. The first-order chi connectivity index (χ1) is 9.79. The lowest BCUT2D eigenvalue weighted by molar-refractivity contribution is 0.280. The molecule has 0 aliphatic rings. The molecule has 100 valence electrons. The van der Waals surface area contributed by atoms with Crippen LogP contribution in [0.3, 0.4) is 0 Å². The van der Waals surface area contributed by atoms with Gasteiger partial charge in [0.1, 0.15) is 11.5 Å². The highest BCUT2D eigenvalue weighted by molar-refractivity contribution is 5.62. The Kier molecular flexibility index (Phi) is 3.31. The molecule has 0 aliphatic carbocycles. The summed E-state index contributed by atoms with van der Waals surface area (Å²) in [4.78, 5) is 0. The molecule has 0 saturated heterocycles. The first kappa shape index (κ1) is 12.6. The van der Waals surface area contributed by atoms with E-state index < -0.39 is 5.82 Å². The molecule has 0 unspecified atom stereocenters. The van der Waals surface area contributed by atoms with Crippen LogP contribution >= 0.6 is 0 Å². The molecule has 3 nitrogen and oxygen atoms in total. The van der Waals surface area contributed by atoms with Gasteiger partial charge in [0.25, 0.3) is 0 Å². The summed E-state index contributed by atoms with van der Waals surface area (Å²) in [6.07, 6.45) is 3.44. The van der Waals surface area contributed by atoms with Gasteiger partial charge < -0.3 is 5.11 Å². The Balaban J connectivity index is 2.07. The lowest BCUT2D eigenvalue weighted by Gasteiger charge is -2.08. The Labute approximate surface area is 115 Å². The van der Waals surface area contributed by atoms with E-state index in [1.165, 1.54) is 10.7 Å². The highest BCUT2D eigenvalue weighted by Gasteiger charge is 2.11. The SMILES string of the molecule is OCc1cccc(F)c1-n1cc(-c2ccccc2)cn1. The van der Waals surface area contributed by atoms with Crippen LogP contribution in [0, 0.1) is 5.82 Å². The molecule has 3 aromatic rings. The van der Waals surface area contributed by atoms with Crippen LogP contribution in [0.2, 0.25) is 0 Å². The van der Waals surface area contributed by atoms with E-state index in [1.54, 1.807) is 24.5 Å². The predicted octanol–water partition coefficient (Wildman–Crippen LogP) is 3.17. The van der Waals surface area contributed by atoms with Crippen LogP contribution in [-0.2, 0) is 6.61 Å². The zero-order valence-electron chi connectivity index (χ0n) is 10.7. The second-order valence-electron chi connectivity index (χ2n) is 4.45. The molecule has 0 spiro atoms. The molecule has 20 heavy (non-hydrogen) atoms. The van der Waals surface area contributed by atoms with Gasteiger partial charge in [-0.25, -0.2) is 9.07 Å². The van der Waals surface area contributed by atoms with Gasteiger partial charge in [0.05, 0.1) is 12.8 Å². The normalized spacial score (nSPS) is 10.7. The number of halogens is 1. The number of aliphatic hydroxyl groups is 1. The van der Waals surface area contributed by atoms with Gasteiger partial charge in [-0.1, -0.05) is 42.5 Å². The fourth-order valence-corrected chi connectivity index (χ4v) is 2.17. The molecule has 0 atom stereocenters. The fraction of sp³-hybridized carbons (Fsp3) is 0.0625. The van der Waals surface area contributed by atoms with E-state index in [0.29, 0.717) is 5.56 Å². The lowest BCUT2D eigenvalue weighted by Crippen LogP contribution is -2.03. The van der Waals surface area contributed by atoms with Crippen LogP contribution in [0.1, 0.15) is 5.56 Å². The first-order valence-corrected chi connectivity index (χ1v) is 6.28. The maximum Gasteiger partial charge on any atom is 0.149 e. The van der Waals surface area contributed by atoms with Crippen LogP contribution in [0.15, 0.2) is 60.9 Å². The van der Waals surface area contributed by atoms with Crippen molar-refractivity contribution in [2.75, 3.05) is 0 Å². The van der Waals surface area contributed by atoms with E-state index in [0.717, 1.165) is 11.1 Å². The molecular weight excluding hydrogens is 255 g/mol. The summed E-state index contributed by atoms with van der Waals surface area (Å²) in [5.41, 5.74) is 2.71. The average molecular weight is 268 g/mol. The van der Waals surface area contributed by atoms with Gasteiger partial charge in [-0.3, -0.25) is 0 Å². The number of rotatable bonds is 3. The third kappa shape index (κ3) is 2.21. The van der Waals surface area contributed by atoms with Crippen molar-refractivity contribution >= 4 is 0 Å². The molecule has 4 heteroatoms. The van der Waals surface area contributed by atoms with Crippen molar-refractivity contribution in [3.63, 3.8) is 0 Å². The van der Waals surface area contributed by atoms with Crippen LogP contribution in [0.5, 0.6) is 0 Å². The number of hydrogen-bond donors (Lipinski definition) is 1. The van der Waals surface area contributed by atoms with Crippen molar-refractivity contribution in [2.24, 2.45) is 0 Å². The average Bonchev–Trinajstić information content (AvgIpc) is 2.97. The molecule has 0 amide bonds. The monoisotopic (exact) mass is 268 g/mol. The van der Waals surface area contributed by atoms with Gasteiger partial charge in [-0.05, 0) is 11.6 Å². The molecule has 1 aromatic heterocycles. The van der Waals surface area contributed by atoms with E-state index in [4.69, 9.17) is 0 Å². The smallest absolute Gasteiger partial charge is 0.149 e. The molecule has 1 heterocycles. The molecule has 2 aromatic carbocycles. The summed E-state index contributed by atoms with van der Waals surface area (Å²) in [7, 11) is 0. The van der Waals surface area contributed by atoms with Crippen molar-refractivity contribution < 1.29 is 9.50 Å². The molecule has 0 bridgehead atoms. The molecule has 0 aliphatic heterocycles. The van der Waals surface area contributed by atoms with E-state index in [-0.39, 0.29) is 12.3 Å². The van der Waals surface area contributed by atoms with E-state index >= 15 is 0 Å². The lowest BCUT2D eigenvalue weighted by atomic mass is 10.1. The van der Waals surface area contributed by atoms with Crippen LogP contribution in [0.4, 0.5) is 4.39 Å². The minimum absolute atomic E-state index is 0.229. The number of aliphatic hydroxyl groups excluding tert-OH is 1. The highest BCUT2D eigenvalue weighted by atomic mass is 19.1. The summed E-state index contributed by atoms with van der Waals surface area (Å²) in [5, 5.41) is 13.5. The maximum atomic E-state index is 14.0. The Bertz CT molecular complexity index is 722. The summed E-state index contributed by atoms with van der Waals surface area (Å²) in [5.74, 6) is -0.403. The number of nitrogens with zero attached hydrogens (tertiary/aromatic N) is 2. The topological polar surface area (TPSA) is 38.0 Å². The number of para-hydroxylation sites is 1. The minimum atomic E-state index is -0.403. The number of benzene rings is 2. The molecule has 0 saturated carbocycles. The first-order valence-electron chi connectivity index (χ1n) is 6.28. The van der Waals surface area contributed by atoms with Gasteiger partial charge in [0.15, 0.2) is 0 Å². The van der Waals surface area contributed by atoms with Gasteiger partial charge in [0, 0.05) is 17.3 Å². The largest absolute Gasteiger partial charge is 0.392 e. The van der Waals surface area contributed by atoms with Crippen LogP contribution < -0.4 is 0 Å². The minimum Gasteiger partial charge on any atom is -0.392 e. The Morgan fingerprint density at radius 2 is 1.80 bits per heavy atom. The van der Waals surface area contributed by atoms with Gasteiger partial charge >= 0.3 is 0 Å². The summed E-state index contributed by atoms with van der Waals surface area (Å²) in [6.45, 7) is -0.229. The number of aromatic nitrogens is 2. The quantitative estimate of drug-likeness (QED) is 0.792. The third-order valence-electron chi connectivity index (χ3n) is 3.16. The van der Waals surface area contributed by atoms with Crippen molar-refractivity contribution in [3.05, 3.63) is 72.3 Å². The van der Waals surface area contributed by atoms with Gasteiger partial charge in [-0.15, -0.1) is 0 Å². The second-order valence-corrected chi connectivity index (χ2v) is 4.45. The molecular formula is C16H13FN2O. The molecule has 3 rings (SSSR count). The summed E-state index contributed by atoms with van der Waals surface area (Å²) < 4.78 is 15.4. The Morgan fingerprint density at radius 3 is 2.55 bits per heavy atom. The van der Waals surface area contributed by atoms with Gasteiger partial charge in [0.2, 0.25) is 0 Å². The van der Waals surface area contributed by atoms with E-state index in [9.17, 15) is 9.50 Å². The van der Waals surface area contributed by atoms with Crippen molar-refractivity contribution in [1.29, 1.82) is 0 Å². The van der Waals surface area contributed by atoms with Crippen molar-refractivity contribution in [1.82, 2.24) is 9.78 Å².